The minimum Gasteiger partial charge on any atom is -0.462 e. The normalized spacial score (nSPS) is 13.8. The smallest absolute Gasteiger partial charge is 0.341 e. The van der Waals surface area contributed by atoms with Crippen LogP contribution in [0, 0.1) is 6.92 Å². The molecule has 33 heavy (non-hydrogen) atoms. The number of ether oxygens (including phenoxy) is 1. The molecule has 3 aromatic rings. The number of hydrogen-bond acceptors (Lipinski definition) is 8. The van der Waals surface area contributed by atoms with Gasteiger partial charge in [-0.1, -0.05) is 13.3 Å². The highest BCUT2D eigenvalue weighted by Gasteiger charge is 2.29. The molecule has 1 aliphatic heterocycles. The number of thiophene rings is 2. The number of hydrogen-bond donors (Lipinski definition) is 1. The van der Waals surface area contributed by atoms with Crippen LogP contribution < -0.4 is 10.9 Å². The first-order chi connectivity index (χ1) is 15.8. The number of fused-ring (bicyclic) bond motifs is 2. The van der Waals surface area contributed by atoms with Crippen LogP contribution in [0.2, 0.25) is 0 Å². The maximum atomic E-state index is 13.3. The van der Waals surface area contributed by atoms with Crippen LogP contribution in [-0.4, -0.2) is 46.5 Å². The Morgan fingerprint density at radius 3 is 2.79 bits per heavy atom. The van der Waals surface area contributed by atoms with Crippen molar-refractivity contribution in [3.63, 3.8) is 0 Å². The lowest BCUT2D eigenvalue weighted by atomic mass is 10.0. The molecule has 0 unspecified atom stereocenters. The number of nitrogens with one attached hydrogen (secondary N) is 1. The Morgan fingerprint density at radius 1 is 1.27 bits per heavy atom. The molecule has 1 amide bonds. The third-order valence-corrected chi connectivity index (χ3v) is 8.16. The predicted molar refractivity (Wildman–Crippen MR) is 132 cm³/mol. The van der Waals surface area contributed by atoms with Crippen LogP contribution in [0.3, 0.4) is 0 Å². The number of likely N-dealkylation sites (N-methyl/N-ethyl adjacent to an activating group) is 1. The number of rotatable bonds is 7. The molecule has 0 atom stereocenters. The summed E-state index contributed by atoms with van der Waals surface area (Å²) in [6.45, 7) is 8.06. The quantitative estimate of drug-likeness (QED) is 0.505. The molecule has 1 N–H and O–H groups in total. The molecule has 0 saturated heterocycles. The molecule has 0 saturated carbocycles. The Hall–Kier alpha value is -2.56. The van der Waals surface area contributed by atoms with Crippen LogP contribution in [0.5, 0.6) is 0 Å². The van der Waals surface area contributed by atoms with E-state index >= 15 is 0 Å². The fraction of sp³-hybridized carbons (Fsp3) is 0.478. The molecule has 0 bridgehead atoms. The van der Waals surface area contributed by atoms with Crippen molar-refractivity contribution in [1.29, 1.82) is 0 Å². The molecule has 0 aliphatic carbocycles. The van der Waals surface area contributed by atoms with Gasteiger partial charge >= 0.3 is 5.97 Å². The molecular formula is C23H28N4O4S2. The molecule has 1 aliphatic rings. The van der Waals surface area contributed by atoms with Gasteiger partial charge in [0.05, 0.1) is 28.8 Å². The molecule has 4 rings (SSSR count). The lowest BCUT2D eigenvalue weighted by Gasteiger charge is -2.22. The van der Waals surface area contributed by atoms with E-state index in [4.69, 9.17) is 4.74 Å². The van der Waals surface area contributed by atoms with Gasteiger partial charge in [0, 0.05) is 24.5 Å². The van der Waals surface area contributed by atoms with E-state index in [9.17, 15) is 14.4 Å². The van der Waals surface area contributed by atoms with Gasteiger partial charge in [-0.15, -0.1) is 22.7 Å². The summed E-state index contributed by atoms with van der Waals surface area (Å²) in [7, 11) is 2.03. The van der Waals surface area contributed by atoms with E-state index in [1.807, 2.05) is 7.05 Å². The Bertz CT molecular complexity index is 1270. The molecule has 4 heterocycles. The molecule has 0 spiro atoms. The Kier molecular flexibility index (Phi) is 6.96. The summed E-state index contributed by atoms with van der Waals surface area (Å²) in [6, 6.07) is 0. The van der Waals surface area contributed by atoms with Crippen molar-refractivity contribution in [2.45, 2.75) is 53.1 Å². The van der Waals surface area contributed by atoms with Crippen molar-refractivity contribution in [3.8, 4) is 0 Å². The summed E-state index contributed by atoms with van der Waals surface area (Å²) in [5, 5.41) is 3.93. The zero-order chi connectivity index (χ0) is 23.7. The summed E-state index contributed by atoms with van der Waals surface area (Å²) in [6.07, 6.45) is 4.15. The Morgan fingerprint density at radius 2 is 2.06 bits per heavy atom. The molecule has 10 heteroatoms. The maximum absolute atomic E-state index is 13.3. The second-order valence-corrected chi connectivity index (χ2v) is 10.3. The standard InChI is InChI=1S/C23H28N4O4S2/c1-5-7-9-27-12-24-20-16(22(27)29)13(3)18(33-20)19(28)25-21-17(23(30)31-6-2)14-8-10-26(4)11-15(14)32-21/h12H,5-11H2,1-4H3,(H,25,28). The summed E-state index contributed by atoms with van der Waals surface area (Å²) in [5.74, 6) is -0.754. The number of esters is 1. The molecule has 8 nitrogen and oxygen atoms in total. The first-order valence-electron chi connectivity index (χ1n) is 11.2. The van der Waals surface area contributed by atoms with Gasteiger partial charge in [0.1, 0.15) is 9.83 Å². The van der Waals surface area contributed by atoms with E-state index in [0.717, 1.165) is 42.8 Å². The van der Waals surface area contributed by atoms with Crippen LogP contribution in [0.25, 0.3) is 10.2 Å². The van der Waals surface area contributed by atoms with Crippen molar-refractivity contribution in [1.82, 2.24) is 14.5 Å². The molecule has 3 aromatic heterocycles. The number of amides is 1. The monoisotopic (exact) mass is 488 g/mol. The molecule has 0 aromatic carbocycles. The maximum Gasteiger partial charge on any atom is 0.341 e. The van der Waals surface area contributed by atoms with Crippen LogP contribution in [0.4, 0.5) is 5.00 Å². The second kappa shape index (κ2) is 9.74. The van der Waals surface area contributed by atoms with Crippen LogP contribution >= 0.6 is 22.7 Å². The zero-order valence-electron chi connectivity index (χ0n) is 19.3. The lowest BCUT2D eigenvalue weighted by Crippen LogP contribution is -2.26. The first-order valence-corrected chi connectivity index (χ1v) is 12.8. The van der Waals surface area contributed by atoms with Crippen molar-refractivity contribution >= 4 is 49.8 Å². The summed E-state index contributed by atoms with van der Waals surface area (Å²) in [5.41, 5.74) is 1.91. The van der Waals surface area contributed by atoms with Gasteiger partial charge in [0.25, 0.3) is 11.5 Å². The number of carbonyl (C=O) groups is 2. The minimum absolute atomic E-state index is 0.122. The van der Waals surface area contributed by atoms with Crippen molar-refractivity contribution in [2.24, 2.45) is 0 Å². The van der Waals surface area contributed by atoms with Gasteiger partial charge in [-0.25, -0.2) is 9.78 Å². The molecule has 176 valence electrons. The van der Waals surface area contributed by atoms with Gasteiger partial charge in [-0.05, 0) is 44.9 Å². The highest BCUT2D eigenvalue weighted by molar-refractivity contribution is 7.21. The highest BCUT2D eigenvalue weighted by Crippen LogP contribution is 2.38. The summed E-state index contributed by atoms with van der Waals surface area (Å²) >= 11 is 2.62. The third-order valence-electron chi connectivity index (χ3n) is 5.83. The lowest BCUT2D eigenvalue weighted by molar-refractivity contribution is 0.0526. The van der Waals surface area contributed by atoms with E-state index in [1.54, 1.807) is 24.7 Å². The van der Waals surface area contributed by atoms with E-state index in [0.29, 0.717) is 37.8 Å². The van der Waals surface area contributed by atoms with E-state index in [2.05, 4.69) is 22.1 Å². The van der Waals surface area contributed by atoms with Crippen LogP contribution in [0.1, 0.15) is 62.7 Å². The summed E-state index contributed by atoms with van der Waals surface area (Å²) in [4.78, 5) is 47.6. The van der Waals surface area contributed by atoms with Gasteiger partial charge in [0.15, 0.2) is 0 Å². The SMILES string of the molecule is CCCCn1cnc2sc(C(=O)Nc3sc4c(c3C(=O)OCC)CCN(C)C4)c(C)c2c1=O. The van der Waals surface area contributed by atoms with Crippen molar-refractivity contribution < 1.29 is 14.3 Å². The van der Waals surface area contributed by atoms with Crippen LogP contribution in [-0.2, 0) is 24.2 Å². The van der Waals surface area contributed by atoms with Crippen molar-refractivity contribution in [3.05, 3.63) is 43.1 Å². The van der Waals surface area contributed by atoms with Crippen molar-refractivity contribution in [2.75, 3.05) is 25.5 Å². The van der Waals surface area contributed by atoms with E-state index in [-0.39, 0.29) is 18.1 Å². The third kappa shape index (κ3) is 4.47. The number of aromatic nitrogens is 2. The number of anilines is 1. The van der Waals surface area contributed by atoms with E-state index < -0.39 is 5.97 Å². The minimum atomic E-state index is -0.414. The van der Waals surface area contributed by atoms with Crippen LogP contribution in [0.15, 0.2) is 11.1 Å². The van der Waals surface area contributed by atoms with Gasteiger partial charge in [0.2, 0.25) is 0 Å². The predicted octanol–water partition coefficient (Wildman–Crippen LogP) is 4.04. The topological polar surface area (TPSA) is 93.5 Å². The van der Waals surface area contributed by atoms with Gasteiger partial charge < -0.3 is 15.0 Å². The zero-order valence-corrected chi connectivity index (χ0v) is 21.0. The fourth-order valence-corrected chi connectivity index (χ4v) is 6.41. The van der Waals surface area contributed by atoms with E-state index in [1.165, 1.54) is 22.7 Å². The fourth-order valence-electron chi connectivity index (χ4n) is 4.06. The Labute approximate surface area is 200 Å². The number of nitrogens with zero attached hydrogens (tertiary/aromatic N) is 3. The molecule has 0 fully saturated rings. The average molecular weight is 489 g/mol. The largest absolute Gasteiger partial charge is 0.462 e. The number of aryl methyl sites for hydroxylation is 2. The number of unbranched alkanes of at least 4 members (excludes halogenated alkanes) is 1. The first kappa shape index (κ1) is 23.6. The summed E-state index contributed by atoms with van der Waals surface area (Å²) < 4.78 is 6.90. The average Bonchev–Trinajstić information content (AvgIpc) is 3.30. The highest BCUT2D eigenvalue weighted by atomic mass is 32.1. The molecule has 0 radical (unpaired) electrons. The Balaban J connectivity index is 1.70. The van der Waals surface area contributed by atoms with Gasteiger partial charge in [-0.2, -0.15) is 0 Å². The molecular weight excluding hydrogens is 460 g/mol. The van der Waals surface area contributed by atoms with Gasteiger partial charge in [-0.3, -0.25) is 14.2 Å². The second-order valence-electron chi connectivity index (χ2n) is 8.20. The number of carbonyl (C=O) groups excluding carboxylic acids is 2.